The van der Waals surface area contributed by atoms with Crippen molar-refractivity contribution >= 4 is 18.5 Å². The van der Waals surface area contributed by atoms with Crippen molar-refractivity contribution in [2.24, 2.45) is 40.4 Å². The van der Waals surface area contributed by atoms with E-state index in [1.54, 1.807) is 0 Å². The summed E-state index contributed by atoms with van der Waals surface area (Å²) < 4.78 is 31.3. The molecule has 0 bridgehead atoms. The topological polar surface area (TPSA) is 107 Å². The van der Waals surface area contributed by atoms with Crippen LogP contribution in [-0.2, 0) is 28.4 Å². The van der Waals surface area contributed by atoms with Crippen molar-refractivity contribution in [2.45, 2.75) is 117 Å². The van der Waals surface area contributed by atoms with E-state index in [-0.39, 0.29) is 10.8 Å². The molecule has 4 aliphatic carbocycles. The van der Waals surface area contributed by atoms with Gasteiger partial charge in [0.25, 0.3) is 0 Å². The van der Waals surface area contributed by atoms with Crippen molar-refractivity contribution in [3.63, 3.8) is 0 Å². The summed E-state index contributed by atoms with van der Waals surface area (Å²) in [6.07, 6.45) is 9.14. The average Bonchev–Trinajstić information content (AvgIpc) is 3.30. The van der Waals surface area contributed by atoms with Crippen molar-refractivity contribution in [3.05, 3.63) is 11.6 Å². The second-order valence-corrected chi connectivity index (χ2v) is 14.2. The Balaban J connectivity index is 1.48. The predicted octanol–water partition coefficient (Wildman–Crippen LogP) is 7.85. The number of methoxy groups -OCH3 is 3. The third kappa shape index (κ3) is 6.26. The average molecular weight is 593 g/mol. The lowest BCUT2D eigenvalue weighted by Gasteiger charge is -2.59. The molecule has 3 saturated carbocycles. The van der Waals surface area contributed by atoms with Gasteiger partial charge in [-0.05, 0) is 93.8 Å². The molecule has 0 N–H and O–H groups in total. The van der Waals surface area contributed by atoms with E-state index < -0.39 is 36.3 Å². The highest BCUT2D eigenvalue weighted by molar-refractivity contribution is 5.61. The molecule has 0 unspecified atom stereocenters. The number of rotatable bonds is 8. The van der Waals surface area contributed by atoms with E-state index >= 15 is 0 Å². The maximum Gasteiger partial charge on any atom is 0.508 e. The molecule has 4 aliphatic rings. The van der Waals surface area contributed by atoms with Crippen molar-refractivity contribution in [1.29, 1.82) is 0 Å². The van der Waals surface area contributed by atoms with Crippen molar-refractivity contribution < 1.29 is 42.8 Å². The van der Waals surface area contributed by atoms with E-state index in [0.717, 1.165) is 38.5 Å². The van der Waals surface area contributed by atoms with Crippen LogP contribution in [0.5, 0.6) is 0 Å². The number of carbonyl (C=O) groups is 3. The van der Waals surface area contributed by atoms with E-state index in [0.29, 0.717) is 42.4 Å². The summed E-state index contributed by atoms with van der Waals surface area (Å²) in [4.78, 5) is 35.9. The maximum atomic E-state index is 12.4. The molecule has 9 heteroatoms. The lowest BCUT2D eigenvalue weighted by molar-refractivity contribution is -0.121. The van der Waals surface area contributed by atoms with Crippen LogP contribution in [0.2, 0.25) is 0 Å². The molecule has 0 amide bonds. The van der Waals surface area contributed by atoms with Crippen LogP contribution in [0, 0.1) is 40.4 Å². The van der Waals surface area contributed by atoms with Gasteiger partial charge in [-0.3, -0.25) is 0 Å². The molecule has 4 rings (SSSR count). The molecule has 42 heavy (non-hydrogen) atoms. The molecule has 0 saturated heterocycles. The molecule has 0 spiro atoms. The Labute approximate surface area is 251 Å². The third-order valence-corrected chi connectivity index (χ3v) is 11.7. The van der Waals surface area contributed by atoms with Gasteiger partial charge in [-0.25, -0.2) is 14.4 Å². The minimum absolute atomic E-state index is 0.268. The lowest BCUT2D eigenvalue weighted by atomic mass is 9.46. The summed E-state index contributed by atoms with van der Waals surface area (Å²) >= 11 is 0. The Hall–Kier alpha value is -2.45. The fourth-order valence-corrected chi connectivity index (χ4v) is 9.61. The zero-order valence-corrected chi connectivity index (χ0v) is 26.9. The number of allylic oxidation sites excluding steroid dienone is 1. The molecule has 9 atom stereocenters. The highest BCUT2D eigenvalue weighted by Gasteiger charge is 2.62. The smallest absolute Gasteiger partial charge is 0.438 e. The minimum atomic E-state index is -0.714. The second kappa shape index (κ2) is 12.7. The summed E-state index contributed by atoms with van der Waals surface area (Å²) in [6.45, 7) is 11.1. The molecule has 0 heterocycles. The molecule has 9 nitrogen and oxygen atoms in total. The molecule has 0 aliphatic heterocycles. The van der Waals surface area contributed by atoms with Crippen LogP contribution >= 0.6 is 0 Å². The first-order valence-electron chi connectivity index (χ1n) is 15.7. The van der Waals surface area contributed by atoms with Crippen molar-refractivity contribution in [1.82, 2.24) is 0 Å². The van der Waals surface area contributed by atoms with Gasteiger partial charge in [-0.15, -0.1) is 0 Å². The van der Waals surface area contributed by atoms with Gasteiger partial charge in [-0.1, -0.05) is 38.8 Å². The largest absolute Gasteiger partial charge is 0.508 e. The molecule has 0 aromatic rings. The normalized spacial score (nSPS) is 36.2. The van der Waals surface area contributed by atoms with Crippen LogP contribution in [0.15, 0.2) is 11.6 Å². The van der Waals surface area contributed by atoms with Gasteiger partial charge in [0.15, 0.2) is 0 Å². The quantitative estimate of drug-likeness (QED) is 0.158. The highest BCUT2D eigenvalue weighted by Crippen LogP contribution is 2.67. The fraction of sp³-hybridized carbons (Fsp3) is 0.848. The van der Waals surface area contributed by atoms with Gasteiger partial charge >= 0.3 is 18.5 Å². The predicted molar refractivity (Wildman–Crippen MR) is 156 cm³/mol. The number of ether oxygens (including phenoxy) is 6. The van der Waals surface area contributed by atoms with Gasteiger partial charge in [0, 0.05) is 18.3 Å². The second-order valence-electron chi connectivity index (χ2n) is 14.2. The molecule has 0 radical (unpaired) electrons. The maximum absolute atomic E-state index is 12.4. The first-order chi connectivity index (χ1) is 19.8. The number of fused-ring (bicyclic) bond motifs is 5. The van der Waals surface area contributed by atoms with E-state index in [1.807, 2.05) is 13.8 Å². The van der Waals surface area contributed by atoms with Gasteiger partial charge in [0.1, 0.15) is 17.8 Å². The SMILES string of the molecule is COC(=O)O[C@@H]1CC2=CC[C@H]3[C@@H]4CC[C@H]([C@H](C)CCCC(C)(C)OC(=O)OC)[C@@]4(C)CC[C@@H]3[C@@]2(C)[C@@H](OC(=O)OC)C1. The standard InChI is InChI=1S/C33H52O9/c1-20(10-9-16-31(2,3)42-30(36)39-8)24-13-14-25-23-12-11-21-18-22(40-28(34)37-6)19-27(41-29(35)38-7)33(21,5)26(23)15-17-32(24,25)4/h11,20,22-27H,9-10,12-19H2,1-8H3/t20-,22-,23+,24-,25+,26+,27+,32-,33+/m1/s1. The molecular weight excluding hydrogens is 540 g/mol. The Morgan fingerprint density at radius 1 is 0.952 bits per heavy atom. The van der Waals surface area contributed by atoms with E-state index in [1.165, 1.54) is 39.7 Å². The molecule has 0 aromatic heterocycles. The number of hydrogen-bond acceptors (Lipinski definition) is 9. The minimum Gasteiger partial charge on any atom is -0.438 e. The van der Waals surface area contributed by atoms with Gasteiger partial charge in [-0.2, -0.15) is 0 Å². The zero-order chi connectivity index (χ0) is 30.9. The summed E-state index contributed by atoms with van der Waals surface area (Å²) in [5.74, 6) is 2.74. The highest BCUT2D eigenvalue weighted by atomic mass is 16.7. The van der Waals surface area contributed by atoms with Crippen LogP contribution in [0.4, 0.5) is 14.4 Å². The Morgan fingerprint density at radius 2 is 1.62 bits per heavy atom. The van der Waals surface area contributed by atoms with Crippen LogP contribution in [0.25, 0.3) is 0 Å². The van der Waals surface area contributed by atoms with Crippen LogP contribution in [0.3, 0.4) is 0 Å². The Kier molecular flexibility index (Phi) is 9.78. The Morgan fingerprint density at radius 3 is 2.29 bits per heavy atom. The Bertz CT molecular complexity index is 1040. The molecule has 238 valence electrons. The van der Waals surface area contributed by atoms with Crippen LogP contribution < -0.4 is 0 Å². The summed E-state index contributed by atoms with van der Waals surface area (Å²) in [6, 6.07) is 0. The number of carbonyl (C=O) groups excluding carboxylic acids is 3. The third-order valence-electron chi connectivity index (χ3n) is 11.7. The number of hydrogen-bond donors (Lipinski definition) is 0. The first kappa shape index (κ1) is 32.5. The van der Waals surface area contributed by atoms with E-state index in [2.05, 4.69) is 31.6 Å². The van der Waals surface area contributed by atoms with E-state index in [4.69, 9.17) is 23.7 Å². The van der Waals surface area contributed by atoms with E-state index in [9.17, 15) is 14.4 Å². The molecular formula is C33H52O9. The lowest BCUT2D eigenvalue weighted by Crippen LogP contribution is -2.57. The summed E-state index contributed by atoms with van der Waals surface area (Å²) in [7, 11) is 3.97. The first-order valence-corrected chi connectivity index (χ1v) is 15.7. The molecule has 3 fully saturated rings. The van der Waals surface area contributed by atoms with Crippen molar-refractivity contribution in [2.75, 3.05) is 21.3 Å². The van der Waals surface area contributed by atoms with Gasteiger partial charge in [0.05, 0.1) is 21.3 Å². The summed E-state index contributed by atoms with van der Waals surface area (Å²) in [5.41, 5.74) is 0.618. The fourth-order valence-electron chi connectivity index (χ4n) is 9.61. The monoisotopic (exact) mass is 592 g/mol. The van der Waals surface area contributed by atoms with Crippen molar-refractivity contribution in [3.8, 4) is 0 Å². The van der Waals surface area contributed by atoms with Crippen LogP contribution in [-0.4, -0.2) is 57.6 Å². The van der Waals surface area contributed by atoms with Gasteiger partial charge in [0.2, 0.25) is 0 Å². The summed E-state index contributed by atoms with van der Waals surface area (Å²) in [5, 5.41) is 0. The molecule has 0 aromatic carbocycles. The zero-order valence-electron chi connectivity index (χ0n) is 26.9. The van der Waals surface area contributed by atoms with Crippen LogP contribution in [0.1, 0.15) is 98.8 Å². The van der Waals surface area contributed by atoms with Gasteiger partial charge < -0.3 is 28.4 Å².